The van der Waals surface area contributed by atoms with Crippen molar-refractivity contribution in [2.75, 3.05) is 5.88 Å². The van der Waals surface area contributed by atoms with Gasteiger partial charge in [-0.05, 0) is 37.3 Å². The molecule has 1 aliphatic carbocycles. The van der Waals surface area contributed by atoms with E-state index in [0.29, 0.717) is 5.88 Å². The van der Waals surface area contributed by atoms with Crippen molar-refractivity contribution in [3.05, 3.63) is 35.4 Å². The summed E-state index contributed by atoms with van der Waals surface area (Å²) in [5.74, 6) is 0.720. The predicted molar refractivity (Wildman–Crippen MR) is 70.3 cm³/mol. The highest BCUT2D eigenvalue weighted by atomic mass is 35.5. The van der Waals surface area contributed by atoms with Gasteiger partial charge in [-0.1, -0.05) is 24.3 Å². The average Bonchev–Trinajstić information content (AvgIpc) is 2.38. The van der Waals surface area contributed by atoms with Crippen LogP contribution in [0.15, 0.2) is 24.3 Å². The lowest BCUT2D eigenvalue weighted by atomic mass is 9.83. The summed E-state index contributed by atoms with van der Waals surface area (Å²) in [4.78, 5) is 12.0. The van der Waals surface area contributed by atoms with Crippen molar-refractivity contribution in [1.29, 1.82) is 0 Å². The SMILES string of the molecule is CC(CCl)NC(=O)C1CCc2ccccc2C1. The maximum absolute atomic E-state index is 12.0. The van der Waals surface area contributed by atoms with Crippen LogP contribution in [0.4, 0.5) is 0 Å². The molecular formula is C14H18ClNO. The molecule has 0 aliphatic heterocycles. The van der Waals surface area contributed by atoms with Crippen LogP contribution < -0.4 is 5.32 Å². The van der Waals surface area contributed by atoms with Crippen LogP contribution in [0.2, 0.25) is 0 Å². The van der Waals surface area contributed by atoms with Gasteiger partial charge in [0.25, 0.3) is 0 Å². The van der Waals surface area contributed by atoms with Crippen molar-refractivity contribution in [2.24, 2.45) is 5.92 Å². The summed E-state index contributed by atoms with van der Waals surface area (Å²) >= 11 is 5.70. The number of amides is 1. The number of nitrogens with one attached hydrogen (secondary N) is 1. The first kappa shape index (κ1) is 12.4. The number of hydrogen-bond acceptors (Lipinski definition) is 1. The molecule has 3 heteroatoms. The third-order valence-electron chi connectivity index (χ3n) is 3.34. The van der Waals surface area contributed by atoms with Gasteiger partial charge in [0.2, 0.25) is 5.91 Å². The van der Waals surface area contributed by atoms with Crippen molar-refractivity contribution in [2.45, 2.75) is 32.2 Å². The van der Waals surface area contributed by atoms with E-state index in [-0.39, 0.29) is 17.9 Å². The number of aryl methyl sites for hydroxylation is 1. The molecule has 0 radical (unpaired) electrons. The number of rotatable bonds is 3. The van der Waals surface area contributed by atoms with Gasteiger partial charge in [-0.3, -0.25) is 4.79 Å². The summed E-state index contributed by atoms with van der Waals surface area (Å²) in [6.45, 7) is 1.93. The smallest absolute Gasteiger partial charge is 0.223 e. The van der Waals surface area contributed by atoms with Crippen LogP contribution in [-0.2, 0) is 17.6 Å². The number of halogens is 1. The fraction of sp³-hybridized carbons (Fsp3) is 0.500. The van der Waals surface area contributed by atoms with Crippen LogP contribution >= 0.6 is 11.6 Å². The molecule has 0 fully saturated rings. The van der Waals surface area contributed by atoms with E-state index < -0.39 is 0 Å². The highest BCUT2D eigenvalue weighted by Crippen LogP contribution is 2.25. The Bertz CT molecular complexity index is 405. The number of carbonyl (C=O) groups is 1. The molecule has 1 aromatic rings. The zero-order valence-electron chi connectivity index (χ0n) is 10.1. The number of benzene rings is 1. The molecule has 92 valence electrons. The molecule has 0 spiro atoms. The lowest BCUT2D eigenvalue weighted by Gasteiger charge is -2.25. The quantitative estimate of drug-likeness (QED) is 0.822. The number of carbonyl (C=O) groups excluding carboxylic acids is 1. The molecule has 1 amide bonds. The van der Waals surface area contributed by atoms with Crippen LogP contribution in [0.3, 0.4) is 0 Å². The van der Waals surface area contributed by atoms with Gasteiger partial charge in [-0.25, -0.2) is 0 Å². The predicted octanol–water partition coefficient (Wildman–Crippen LogP) is 2.54. The Morgan fingerprint density at radius 3 is 2.88 bits per heavy atom. The van der Waals surface area contributed by atoms with Crippen LogP contribution in [0.5, 0.6) is 0 Å². The minimum atomic E-state index is 0.0568. The minimum Gasteiger partial charge on any atom is -0.352 e. The zero-order valence-corrected chi connectivity index (χ0v) is 10.8. The van der Waals surface area contributed by atoms with E-state index in [1.165, 1.54) is 11.1 Å². The third kappa shape index (κ3) is 3.01. The third-order valence-corrected chi connectivity index (χ3v) is 3.80. The van der Waals surface area contributed by atoms with Crippen molar-refractivity contribution < 1.29 is 4.79 Å². The van der Waals surface area contributed by atoms with Gasteiger partial charge >= 0.3 is 0 Å². The topological polar surface area (TPSA) is 29.1 Å². The second kappa shape index (κ2) is 5.54. The van der Waals surface area contributed by atoms with Gasteiger partial charge in [0.1, 0.15) is 0 Å². The fourth-order valence-corrected chi connectivity index (χ4v) is 2.40. The molecule has 2 atom stereocenters. The van der Waals surface area contributed by atoms with Crippen molar-refractivity contribution in [3.8, 4) is 0 Å². The van der Waals surface area contributed by atoms with Gasteiger partial charge in [0.05, 0.1) is 0 Å². The standard InChI is InChI=1S/C14H18ClNO/c1-10(9-15)16-14(17)13-7-6-11-4-2-3-5-12(11)8-13/h2-5,10,13H,6-9H2,1H3,(H,16,17). The largest absolute Gasteiger partial charge is 0.352 e. The van der Waals surface area contributed by atoms with Crippen molar-refractivity contribution >= 4 is 17.5 Å². The van der Waals surface area contributed by atoms with Gasteiger partial charge in [0.15, 0.2) is 0 Å². The molecule has 17 heavy (non-hydrogen) atoms. The Balaban J connectivity index is 2.00. The maximum atomic E-state index is 12.0. The Morgan fingerprint density at radius 2 is 2.18 bits per heavy atom. The summed E-state index contributed by atoms with van der Waals surface area (Å²) in [6, 6.07) is 8.45. The van der Waals surface area contributed by atoms with E-state index >= 15 is 0 Å². The fourth-order valence-electron chi connectivity index (χ4n) is 2.32. The molecule has 0 heterocycles. The molecular weight excluding hydrogens is 234 g/mol. The Morgan fingerprint density at radius 1 is 1.47 bits per heavy atom. The average molecular weight is 252 g/mol. The zero-order chi connectivity index (χ0) is 12.3. The van der Waals surface area contributed by atoms with Crippen molar-refractivity contribution in [1.82, 2.24) is 5.32 Å². The number of fused-ring (bicyclic) bond motifs is 1. The van der Waals surface area contributed by atoms with Gasteiger partial charge in [-0.2, -0.15) is 0 Å². The summed E-state index contributed by atoms with van der Waals surface area (Å²) in [5.41, 5.74) is 2.71. The first-order chi connectivity index (χ1) is 8.20. The molecule has 2 unspecified atom stereocenters. The maximum Gasteiger partial charge on any atom is 0.223 e. The van der Waals surface area contributed by atoms with E-state index in [4.69, 9.17) is 11.6 Å². The van der Waals surface area contributed by atoms with E-state index in [9.17, 15) is 4.79 Å². The van der Waals surface area contributed by atoms with E-state index in [1.807, 2.05) is 13.0 Å². The Labute approximate surface area is 107 Å². The molecule has 1 aromatic carbocycles. The highest BCUT2D eigenvalue weighted by Gasteiger charge is 2.24. The lowest BCUT2D eigenvalue weighted by Crippen LogP contribution is -2.40. The molecule has 0 bridgehead atoms. The van der Waals surface area contributed by atoms with Crippen LogP contribution in [0, 0.1) is 5.92 Å². The van der Waals surface area contributed by atoms with Crippen LogP contribution in [0.25, 0.3) is 0 Å². The first-order valence-electron chi connectivity index (χ1n) is 6.14. The van der Waals surface area contributed by atoms with Gasteiger partial charge in [-0.15, -0.1) is 11.6 Å². The van der Waals surface area contributed by atoms with E-state index in [2.05, 4.69) is 23.5 Å². The Hall–Kier alpha value is -1.02. The lowest BCUT2D eigenvalue weighted by molar-refractivity contribution is -0.125. The summed E-state index contributed by atoms with van der Waals surface area (Å²) in [5, 5.41) is 2.96. The summed E-state index contributed by atoms with van der Waals surface area (Å²) in [6.07, 6.45) is 2.80. The second-order valence-electron chi connectivity index (χ2n) is 4.77. The highest BCUT2D eigenvalue weighted by molar-refractivity contribution is 6.18. The molecule has 0 saturated carbocycles. The second-order valence-corrected chi connectivity index (χ2v) is 5.08. The van der Waals surface area contributed by atoms with Crippen LogP contribution in [0.1, 0.15) is 24.5 Å². The monoisotopic (exact) mass is 251 g/mol. The summed E-state index contributed by atoms with van der Waals surface area (Å²) < 4.78 is 0. The minimum absolute atomic E-state index is 0.0568. The van der Waals surface area contributed by atoms with Gasteiger partial charge in [0, 0.05) is 17.8 Å². The van der Waals surface area contributed by atoms with Crippen molar-refractivity contribution in [3.63, 3.8) is 0 Å². The van der Waals surface area contributed by atoms with Crippen LogP contribution in [-0.4, -0.2) is 17.8 Å². The normalized spacial score (nSPS) is 20.5. The van der Waals surface area contributed by atoms with Gasteiger partial charge < -0.3 is 5.32 Å². The molecule has 0 saturated heterocycles. The number of alkyl halides is 1. The van der Waals surface area contributed by atoms with E-state index in [0.717, 1.165) is 19.3 Å². The summed E-state index contributed by atoms with van der Waals surface area (Å²) in [7, 11) is 0. The molecule has 1 aliphatic rings. The molecule has 2 nitrogen and oxygen atoms in total. The molecule has 0 aromatic heterocycles. The first-order valence-corrected chi connectivity index (χ1v) is 6.67. The number of hydrogen-bond donors (Lipinski definition) is 1. The Kier molecular flexibility index (Phi) is 4.06. The van der Waals surface area contributed by atoms with E-state index in [1.54, 1.807) is 0 Å². The molecule has 2 rings (SSSR count). The molecule has 1 N–H and O–H groups in total.